The van der Waals surface area contributed by atoms with Gasteiger partial charge in [-0.2, -0.15) is 0 Å². The van der Waals surface area contributed by atoms with Gasteiger partial charge in [0.05, 0.1) is 6.10 Å². The van der Waals surface area contributed by atoms with Gasteiger partial charge in [0, 0.05) is 18.2 Å². The number of halogens is 1. The standard InChI is InChI=1S/C16H26ClNO/c1-4-18-12-16(19-11-5-6-13(2)3)14-7-9-15(17)10-8-14/h7-10,13,16,18H,4-6,11-12H2,1-3H3. The summed E-state index contributed by atoms with van der Waals surface area (Å²) in [5.41, 5.74) is 1.19. The number of nitrogens with one attached hydrogen (secondary N) is 1. The molecule has 0 bridgehead atoms. The molecular formula is C16H26ClNO. The first-order chi connectivity index (χ1) is 9.13. The number of likely N-dealkylation sites (N-methyl/N-ethyl adjacent to an activating group) is 1. The van der Waals surface area contributed by atoms with Crippen molar-refractivity contribution in [1.82, 2.24) is 5.32 Å². The Morgan fingerprint density at radius 3 is 2.47 bits per heavy atom. The van der Waals surface area contributed by atoms with Gasteiger partial charge in [-0.1, -0.05) is 44.5 Å². The summed E-state index contributed by atoms with van der Waals surface area (Å²) in [7, 11) is 0. The molecule has 0 saturated carbocycles. The van der Waals surface area contributed by atoms with Crippen LogP contribution in [0.5, 0.6) is 0 Å². The minimum atomic E-state index is 0.115. The van der Waals surface area contributed by atoms with Crippen molar-refractivity contribution in [2.75, 3.05) is 19.7 Å². The normalized spacial score (nSPS) is 12.9. The topological polar surface area (TPSA) is 21.3 Å². The van der Waals surface area contributed by atoms with E-state index in [-0.39, 0.29) is 6.10 Å². The molecule has 0 radical (unpaired) electrons. The lowest BCUT2D eigenvalue weighted by Gasteiger charge is -2.19. The second-order valence-electron chi connectivity index (χ2n) is 5.25. The number of hydrogen-bond acceptors (Lipinski definition) is 2. The highest BCUT2D eigenvalue weighted by Gasteiger charge is 2.11. The molecule has 0 fully saturated rings. The summed E-state index contributed by atoms with van der Waals surface area (Å²) in [4.78, 5) is 0. The van der Waals surface area contributed by atoms with E-state index in [1.807, 2.05) is 24.3 Å². The van der Waals surface area contributed by atoms with Gasteiger partial charge in [0.25, 0.3) is 0 Å². The van der Waals surface area contributed by atoms with Crippen molar-refractivity contribution in [2.45, 2.75) is 39.7 Å². The molecule has 1 aromatic rings. The minimum Gasteiger partial charge on any atom is -0.372 e. The first-order valence-electron chi connectivity index (χ1n) is 7.21. The summed E-state index contributed by atoms with van der Waals surface area (Å²) in [6.07, 6.45) is 2.45. The second kappa shape index (κ2) is 9.35. The molecule has 1 atom stereocenters. The molecule has 3 heteroatoms. The molecule has 0 heterocycles. The largest absolute Gasteiger partial charge is 0.372 e. The fourth-order valence-electron chi connectivity index (χ4n) is 1.94. The van der Waals surface area contributed by atoms with Gasteiger partial charge >= 0.3 is 0 Å². The SMILES string of the molecule is CCNCC(OCCCC(C)C)c1ccc(Cl)cc1. The summed E-state index contributed by atoms with van der Waals surface area (Å²) in [6.45, 7) is 9.22. The van der Waals surface area contributed by atoms with Crippen LogP contribution in [0.1, 0.15) is 45.3 Å². The molecule has 0 aliphatic heterocycles. The third-order valence-corrected chi connectivity index (χ3v) is 3.32. The van der Waals surface area contributed by atoms with Crippen LogP contribution in [0.2, 0.25) is 5.02 Å². The molecule has 0 spiro atoms. The van der Waals surface area contributed by atoms with Gasteiger partial charge in [-0.05, 0) is 43.0 Å². The molecule has 1 unspecified atom stereocenters. The molecule has 1 aromatic carbocycles. The lowest BCUT2D eigenvalue weighted by molar-refractivity contribution is 0.0490. The van der Waals surface area contributed by atoms with Gasteiger partial charge in [-0.3, -0.25) is 0 Å². The number of benzene rings is 1. The van der Waals surface area contributed by atoms with Gasteiger partial charge in [0.15, 0.2) is 0 Å². The molecule has 0 aliphatic rings. The molecule has 1 rings (SSSR count). The van der Waals surface area contributed by atoms with Crippen molar-refractivity contribution in [2.24, 2.45) is 5.92 Å². The van der Waals surface area contributed by atoms with Crippen LogP contribution < -0.4 is 5.32 Å². The van der Waals surface area contributed by atoms with Crippen LogP contribution in [0.15, 0.2) is 24.3 Å². The van der Waals surface area contributed by atoms with Crippen molar-refractivity contribution in [3.8, 4) is 0 Å². The smallest absolute Gasteiger partial charge is 0.0949 e. The lowest BCUT2D eigenvalue weighted by Crippen LogP contribution is -2.23. The quantitative estimate of drug-likeness (QED) is 0.676. The fraction of sp³-hybridized carbons (Fsp3) is 0.625. The third-order valence-electron chi connectivity index (χ3n) is 3.07. The maximum absolute atomic E-state index is 6.01. The highest BCUT2D eigenvalue weighted by Crippen LogP contribution is 2.20. The van der Waals surface area contributed by atoms with E-state index in [2.05, 4.69) is 26.1 Å². The van der Waals surface area contributed by atoms with Gasteiger partial charge in [-0.15, -0.1) is 0 Å². The molecule has 0 aromatic heterocycles. The van der Waals surface area contributed by atoms with E-state index >= 15 is 0 Å². The van der Waals surface area contributed by atoms with E-state index in [0.29, 0.717) is 0 Å². The zero-order valence-corrected chi connectivity index (χ0v) is 13.0. The molecule has 0 aliphatic carbocycles. The summed E-state index contributed by atoms with van der Waals surface area (Å²) in [6, 6.07) is 7.94. The third kappa shape index (κ3) is 6.95. The van der Waals surface area contributed by atoms with Crippen LogP contribution in [0.4, 0.5) is 0 Å². The van der Waals surface area contributed by atoms with Gasteiger partial charge in [0.2, 0.25) is 0 Å². The fourth-order valence-corrected chi connectivity index (χ4v) is 2.07. The van der Waals surface area contributed by atoms with E-state index in [4.69, 9.17) is 16.3 Å². The summed E-state index contributed by atoms with van der Waals surface area (Å²) >= 11 is 5.93. The average Bonchev–Trinajstić information content (AvgIpc) is 2.39. The van der Waals surface area contributed by atoms with Crippen LogP contribution in [0.3, 0.4) is 0 Å². The van der Waals surface area contributed by atoms with E-state index < -0.39 is 0 Å². The Kier molecular flexibility index (Phi) is 8.11. The molecule has 108 valence electrons. The van der Waals surface area contributed by atoms with Crippen LogP contribution in [-0.4, -0.2) is 19.7 Å². The number of rotatable bonds is 9. The second-order valence-corrected chi connectivity index (χ2v) is 5.69. The molecule has 19 heavy (non-hydrogen) atoms. The van der Waals surface area contributed by atoms with E-state index in [1.54, 1.807) is 0 Å². The Morgan fingerprint density at radius 2 is 1.89 bits per heavy atom. The number of ether oxygens (including phenoxy) is 1. The van der Waals surface area contributed by atoms with E-state index in [0.717, 1.165) is 37.1 Å². The zero-order chi connectivity index (χ0) is 14.1. The molecule has 0 amide bonds. The number of hydrogen-bond donors (Lipinski definition) is 1. The Labute approximate surface area is 122 Å². The Balaban J connectivity index is 2.48. The Morgan fingerprint density at radius 1 is 1.21 bits per heavy atom. The lowest BCUT2D eigenvalue weighted by atomic mass is 10.1. The summed E-state index contributed by atoms with van der Waals surface area (Å²) in [5.74, 6) is 0.742. The zero-order valence-electron chi connectivity index (χ0n) is 12.3. The monoisotopic (exact) mass is 283 g/mol. The van der Waals surface area contributed by atoms with Gasteiger partial charge in [-0.25, -0.2) is 0 Å². The average molecular weight is 284 g/mol. The van der Waals surface area contributed by atoms with Crippen LogP contribution in [0, 0.1) is 5.92 Å². The Bertz CT molecular complexity index is 337. The van der Waals surface area contributed by atoms with Crippen molar-refractivity contribution in [3.63, 3.8) is 0 Å². The maximum atomic E-state index is 6.01. The van der Waals surface area contributed by atoms with E-state index in [1.165, 1.54) is 12.0 Å². The van der Waals surface area contributed by atoms with Crippen LogP contribution >= 0.6 is 11.6 Å². The minimum absolute atomic E-state index is 0.115. The highest BCUT2D eigenvalue weighted by atomic mass is 35.5. The summed E-state index contributed by atoms with van der Waals surface area (Å²) in [5, 5.41) is 4.12. The predicted octanol–water partition coefficient (Wildman–Crippen LogP) is 4.44. The van der Waals surface area contributed by atoms with Crippen molar-refractivity contribution in [3.05, 3.63) is 34.9 Å². The predicted molar refractivity (Wildman–Crippen MR) is 82.8 cm³/mol. The first-order valence-corrected chi connectivity index (χ1v) is 7.59. The van der Waals surface area contributed by atoms with Gasteiger partial charge < -0.3 is 10.1 Å². The van der Waals surface area contributed by atoms with Crippen molar-refractivity contribution >= 4 is 11.6 Å². The molecule has 1 N–H and O–H groups in total. The van der Waals surface area contributed by atoms with Crippen LogP contribution in [0.25, 0.3) is 0 Å². The van der Waals surface area contributed by atoms with Crippen molar-refractivity contribution < 1.29 is 4.74 Å². The highest BCUT2D eigenvalue weighted by molar-refractivity contribution is 6.30. The van der Waals surface area contributed by atoms with E-state index in [9.17, 15) is 0 Å². The molecular weight excluding hydrogens is 258 g/mol. The van der Waals surface area contributed by atoms with Gasteiger partial charge in [0.1, 0.15) is 0 Å². The Hall–Kier alpha value is -0.570. The molecule has 2 nitrogen and oxygen atoms in total. The van der Waals surface area contributed by atoms with Crippen LogP contribution in [-0.2, 0) is 4.74 Å². The summed E-state index contributed by atoms with van der Waals surface area (Å²) < 4.78 is 6.01. The van der Waals surface area contributed by atoms with Crippen molar-refractivity contribution in [1.29, 1.82) is 0 Å². The first kappa shape index (κ1) is 16.5. The molecule has 0 saturated heterocycles. The maximum Gasteiger partial charge on any atom is 0.0949 e.